The van der Waals surface area contributed by atoms with E-state index < -0.39 is 6.04 Å². The van der Waals surface area contributed by atoms with Crippen LogP contribution < -0.4 is 16.6 Å². The van der Waals surface area contributed by atoms with Gasteiger partial charge < -0.3 is 10.6 Å². The van der Waals surface area contributed by atoms with Crippen LogP contribution >= 0.6 is 0 Å². The van der Waals surface area contributed by atoms with Crippen molar-refractivity contribution in [1.29, 1.82) is 0 Å². The van der Waals surface area contributed by atoms with E-state index in [4.69, 9.17) is 5.73 Å². The number of amides is 1. The van der Waals surface area contributed by atoms with Crippen molar-refractivity contribution in [3.8, 4) is 0 Å². The van der Waals surface area contributed by atoms with Gasteiger partial charge in [0.05, 0.1) is 6.04 Å². The molecule has 2 fully saturated rings. The molecule has 0 saturated carbocycles. The summed E-state index contributed by atoms with van der Waals surface area (Å²) in [6.45, 7) is 3.28. The van der Waals surface area contributed by atoms with Crippen molar-refractivity contribution >= 4 is 5.91 Å². The third kappa shape index (κ3) is 3.63. The Hall–Kier alpha value is -2.21. The highest BCUT2D eigenvalue weighted by atomic mass is 16.2. The molecule has 5 heteroatoms. The summed E-state index contributed by atoms with van der Waals surface area (Å²) in [5.41, 5.74) is 15.5. The van der Waals surface area contributed by atoms with Crippen LogP contribution in [0.4, 0.5) is 0 Å². The highest BCUT2D eigenvalue weighted by Gasteiger charge is 2.45. The first-order valence-corrected chi connectivity index (χ1v) is 9.80. The number of carbonyl (C=O) groups is 1. The van der Waals surface area contributed by atoms with Gasteiger partial charge in [0.1, 0.15) is 0 Å². The molecule has 3 unspecified atom stereocenters. The number of rotatable bonds is 4. The van der Waals surface area contributed by atoms with E-state index in [9.17, 15) is 4.79 Å². The number of hydrogen-bond donors (Lipinski definition) is 3. The Bertz CT molecular complexity index is 725. The van der Waals surface area contributed by atoms with Crippen LogP contribution in [0.1, 0.15) is 30.4 Å². The van der Waals surface area contributed by atoms with Gasteiger partial charge in [0.15, 0.2) is 0 Å². The van der Waals surface area contributed by atoms with Crippen molar-refractivity contribution in [2.24, 2.45) is 11.7 Å². The Balaban J connectivity index is 1.65. The normalized spacial score (nSPS) is 26.0. The van der Waals surface area contributed by atoms with Gasteiger partial charge in [0.25, 0.3) is 0 Å². The van der Waals surface area contributed by atoms with E-state index >= 15 is 0 Å². The summed E-state index contributed by atoms with van der Waals surface area (Å²) in [6, 6.07) is 21.4. The first kappa shape index (κ1) is 18.2. The predicted molar refractivity (Wildman–Crippen MR) is 107 cm³/mol. The standard InChI is InChI=1S/C22H28N4O/c1-15(23)22(27)26-13-12-19-18(14-26)21(25-24-19)20(16-8-4-2-5-9-16)17-10-6-3-7-11-17/h2-11,15,18-21,24-25H,12-14,23H2,1H3/t15-,18?,19?,21?/m0/s1. The Morgan fingerprint density at radius 3 is 2.19 bits per heavy atom. The highest BCUT2D eigenvalue weighted by Crippen LogP contribution is 2.37. The van der Waals surface area contributed by atoms with Crippen molar-refractivity contribution < 1.29 is 4.79 Å². The van der Waals surface area contributed by atoms with Crippen LogP contribution in [0.3, 0.4) is 0 Å². The minimum atomic E-state index is -0.443. The number of piperidine rings is 1. The summed E-state index contributed by atoms with van der Waals surface area (Å²) in [7, 11) is 0. The molecule has 0 bridgehead atoms. The molecule has 4 atom stereocenters. The van der Waals surface area contributed by atoms with Gasteiger partial charge in [-0.3, -0.25) is 15.6 Å². The maximum Gasteiger partial charge on any atom is 0.239 e. The fourth-order valence-electron chi connectivity index (χ4n) is 4.58. The van der Waals surface area contributed by atoms with Crippen LogP contribution in [-0.4, -0.2) is 42.0 Å². The zero-order valence-corrected chi connectivity index (χ0v) is 15.7. The second-order valence-electron chi connectivity index (χ2n) is 7.75. The quantitative estimate of drug-likeness (QED) is 0.774. The molecule has 27 heavy (non-hydrogen) atoms. The number of fused-ring (bicyclic) bond motifs is 1. The molecule has 2 saturated heterocycles. The van der Waals surface area contributed by atoms with Crippen molar-refractivity contribution in [2.75, 3.05) is 13.1 Å². The number of carbonyl (C=O) groups excluding carboxylic acids is 1. The smallest absolute Gasteiger partial charge is 0.239 e. The molecule has 0 spiro atoms. The fraction of sp³-hybridized carbons (Fsp3) is 0.409. The van der Waals surface area contributed by atoms with E-state index in [1.54, 1.807) is 6.92 Å². The van der Waals surface area contributed by atoms with E-state index in [-0.39, 0.29) is 17.9 Å². The topological polar surface area (TPSA) is 70.4 Å². The van der Waals surface area contributed by atoms with E-state index in [1.165, 1.54) is 11.1 Å². The molecule has 2 aromatic rings. The molecular formula is C22H28N4O. The molecule has 1 amide bonds. The molecule has 0 aliphatic carbocycles. The lowest BCUT2D eigenvalue weighted by Crippen LogP contribution is -2.52. The van der Waals surface area contributed by atoms with Crippen LogP contribution in [0.2, 0.25) is 0 Å². The van der Waals surface area contributed by atoms with E-state index in [0.29, 0.717) is 12.0 Å². The third-order valence-electron chi connectivity index (χ3n) is 5.93. The minimum absolute atomic E-state index is 0.0510. The second-order valence-corrected chi connectivity index (χ2v) is 7.75. The summed E-state index contributed by atoms with van der Waals surface area (Å²) in [6.07, 6.45) is 0.947. The molecule has 5 nitrogen and oxygen atoms in total. The number of nitrogens with zero attached hydrogens (tertiary/aromatic N) is 1. The monoisotopic (exact) mass is 364 g/mol. The summed E-state index contributed by atoms with van der Waals surface area (Å²) in [5.74, 6) is 0.613. The molecule has 4 N–H and O–H groups in total. The van der Waals surface area contributed by atoms with Crippen molar-refractivity contribution in [2.45, 2.75) is 37.4 Å². The van der Waals surface area contributed by atoms with Gasteiger partial charge in [-0.25, -0.2) is 0 Å². The zero-order chi connectivity index (χ0) is 18.8. The first-order chi connectivity index (χ1) is 13.1. The number of hydrogen-bond acceptors (Lipinski definition) is 4. The van der Waals surface area contributed by atoms with Crippen LogP contribution in [0, 0.1) is 5.92 Å². The van der Waals surface area contributed by atoms with Gasteiger partial charge in [0.2, 0.25) is 5.91 Å². The lowest BCUT2D eigenvalue weighted by Gasteiger charge is -2.39. The van der Waals surface area contributed by atoms with E-state index in [1.807, 2.05) is 4.90 Å². The zero-order valence-electron chi connectivity index (χ0n) is 15.7. The Labute approximate surface area is 160 Å². The van der Waals surface area contributed by atoms with Crippen molar-refractivity contribution in [3.63, 3.8) is 0 Å². The molecule has 2 heterocycles. The number of nitrogens with two attached hydrogens (primary N) is 1. The summed E-state index contributed by atoms with van der Waals surface area (Å²) in [5, 5.41) is 0. The van der Waals surface area contributed by atoms with Crippen LogP contribution in [0.15, 0.2) is 60.7 Å². The molecule has 2 aliphatic heterocycles. The molecular weight excluding hydrogens is 336 g/mol. The minimum Gasteiger partial charge on any atom is -0.341 e. The van der Waals surface area contributed by atoms with Crippen molar-refractivity contribution in [1.82, 2.24) is 15.8 Å². The van der Waals surface area contributed by atoms with Gasteiger partial charge in [-0.05, 0) is 24.5 Å². The summed E-state index contributed by atoms with van der Waals surface area (Å²) in [4.78, 5) is 14.4. The third-order valence-corrected chi connectivity index (χ3v) is 5.93. The van der Waals surface area contributed by atoms with Gasteiger partial charge in [-0.1, -0.05) is 60.7 Å². The highest BCUT2D eigenvalue weighted by molar-refractivity contribution is 5.81. The maximum atomic E-state index is 12.5. The summed E-state index contributed by atoms with van der Waals surface area (Å²) < 4.78 is 0. The Morgan fingerprint density at radius 2 is 1.63 bits per heavy atom. The molecule has 2 aromatic carbocycles. The SMILES string of the molecule is C[C@H](N)C(=O)N1CCC2NNC(C(c3ccccc3)c3ccccc3)C2C1. The lowest BCUT2D eigenvalue weighted by atomic mass is 9.76. The van der Waals surface area contributed by atoms with Gasteiger partial charge >= 0.3 is 0 Å². The summed E-state index contributed by atoms with van der Waals surface area (Å²) >= 11 is 0. The second kappa shape index (κ2) is 7.80. The predicted octanol–water partition coefficient (Wildman–Crippen LogP) is 1.86. The Kier molecular flexibility index (Phi) is 5.25. The first-order valence-electron chi connectivity index (χ1n) is 9.80. The van der Waals surface area contributed by atoms with Gasteiger partial charge in [-0.15, -0.1) is 0 Å². The molecule has 2 aliphatic rings. The van der Waals surface area contributed by atoms with Gasteiger partial charge in [0, 0.05) is 37.0 Å². The van der Waals surface area contributed by atoms with Crippen molar-refractivity contribution in [3.05, 3.63) is 71.8 Å². The average molecular weight is 364 g/mol. The van der Waals surface area contributed by atoms with Crippen LogP contribution in [0.5, 0.6) is 0 Å². The fourth-order valence-corrected chi connectivity index (χ4v) is 4.58. The number of benzene rings is 2. The number of hydrazine groups is 1. The van der Waals surface area contributed by atoms with Gasteiger partial charge in [-0.2, -0.15) is 0 Å². The number of likely N-dealkylation sites (tertiary alicyclic amines) is 1. The number of nitrogens with one attached hydrogen (secondary N) is 2. The van der Waals surface area contributed by atoms with Crippen LogP contribution in [-0.2, 0) is 4.79 Å². The largest absolute Gasteiger partial charge is 0.341 e. The average Bonchev–Trinajstić information content (AvgIpc) is 3.12. The molecule has 0 aromatic heterocycles. The molecule has 4 rings (SSSR count). The van der Waals surface area contributed by atoms with Crippen LogP contribution in [0.25, 0.3) is 0 Å². The Morgan fingerprint density at radius 1 is 1.04 bits per heavy atom. The lowest BCUT2D eigenvalue weighted by molar-refractivity contribution is -0.134. The maximum absolute atomic E-state index is 12.5. The van der Waals surface area contributed by atoms with E-state index in [0.717, 1.165) is 19.5 Å². The van der Waals surface area contributed by atoms with E-state index in [2.05, 4.69) is 71.5 Å². The molecule has 142 valence electrons. The molecule has 0 radical (unpaired) electrons.